The molecule has 0 saturated carbocycles. The molecule has 0 atom stereocenters. The number of aliphatic hydroxyl groups is 1. The quantitative estimate of drug-likeness (QED) is 0.0477. The number of unbranched alkanes of at least 4 members (excludes halogenated alkanes) is 28. The van der Waals surface area contributed by atoms with Crippen LogP contribution in [0.1, 0.15) is 272 Å². The maximum absolute atomic E-state index is 12.6. The Morgan fingerprint density at radius 1 is 0.297 bits per heavy atom. The maximum Gasteiger partial charge on any atom is 0.305 e. The van der Waals surface area contributed by atoms with Crippen LogP contribution in [-0.4, -0.2) is 110 Å². The number of carbonyl (C=O) groups excluding carboxylic acids is 2. The van der Waals surface area contributed by atoms with Gasteiger partial charge in [-0.2, -0.15) is 0 Å². The minimum atomic E-state index is -0.126. The second kappa shape index (κ2) is 52.7. The number of nitrogens with zero attached hydrogens (tertiary/aromatic N) is 3. The number of ether oxygens (including phenoxy) is 2. The number of carbonyl (C=O) groups is 2. The summed E-state index contributed by atoms with van der Waals surface area (Å²) < 4.78 is 11.4. The van der Waals surface area contributed by atoms with Crippen molar-refractivity contribution in [2.24, 2.45) is 0 Å². The minimum absolute atomic E-state index is 0.0672. The van der Waals surface area contributed by atoms with Crippen molar-refractivity contribution in [2.75, 3.05) is 78.7 Å². The third-order valence-electron chi connectivity index (χ3n) is 13.2. The molecule has 0 radical (unpaired) electrons. The van der Waals surface area contributed by atoms with Crippen molar-refractivity contribution in [3.8, 4) is 0 Å². The largest absolute Gasteiger partial charge is 0.466 e. The molecule has 8 nitrogen and oxygen atoms in total. The lowest BCUT2D eigenvalue weighted by Crippen LogP contribution is -2.30. The Morgan fingerprint density at radius 3 is 0.781 bits per heavy atom. The molecule has 0 heterocycles. The molecule has 0 aliphatic carbocycles. The van der Waals surface area contributed by atoms with E-state index in [1.807, 2.05) is 0 Å². The van der Waals surface area contributed by atoms with Gasteiger partial charge in [0.25, 0.3) is 0 Å². The van der Waals surface area contributed by atoms with Gasteiger partial charge < -0.3 is 29.3 Å². The van der Waals surface area contributed by atoms with Crippen molar-refractivity contribution in [1.29, 1.82) is 0 Å². The number of hydrogen-bond acceptors (Lipinski definition) is 8. The number of esters is 2. The normalized spacial score (nSPS) is 11.8. The molecule has 0 rings (SSSR count). The van der Waals surface area contributed by atoms with E-state index in [1.165, 1.54) is 205 Å². The molecule has 0 aromatic carbocycles. The first-order chi connectivity index (χ1) is 31.5. The van der Waals surface area contributed by atoms with Crippen LogP contribution >= 0.6 is 0 Å². The molecule has 64 heavy (non-hydrogen) atoms. The van der Waals surface area contributed by atoms with E-state index in [4.69, 9.17) is 9.47 Å². The predicted octanol–water partition coefficient (Wildman–Crippen LogP) is 14.9. The van der Waals surface area contributed by atoms with Gasteiger partial charge in [0, 0.05) is 32.5 Å². The molecule has 0 aliphatic heterocycles. The second-order valence-electron chi connectivity index (χ2n) is 19.5. The van der Waals surface area contributed by atoms with Crippen LogP contribution in [0.25, 0.3) is 0 Å². The first kappa shape index (κ1) is 62.8. The van der Waals surface area contributed by atoms with Crippen LogP contribution in [0.2, 0.25) is 0 Å². The van der Waals surface area contributed by atoms with Gasteiger partial charge in [-0.15, -0.1) is 0 Å². The highest BCUT2D eigenvalue weighted by molar-refractivity contribution is 5.69. The average Bonchev–Trinajstić information content (AvgIpc) is 3.29. The molecule has 0 bridgehead atoms. The monoisotopic (exact) mass is 908 g/mol. The Morgan fingerprint density at radius 2 is 0.516 bits per heavy atom. The summed E-state index contributed by atoms with van der Waals surface area (Å²) in [4.78, 5) is 32.7. The summed E-state index contributed by atoms with van der Waals surface area (Å²) in [6, 6.07) is 0. The van der Waals surface area contributed by atoms with Gasteiger partial charge in [-0.05, 0) is 90.6 Å². The fourth-order valence-electron chi connectivity index (χ4n) is 9.01. The predicted molar refractivity (Wildman–Crippen MR) is 276 cm³/mol. The molecule has 1 N–H and O–H groups in total. The fourth-order valence-corrected chi connectivity index (χ4v) is 9.01. The number of rotatable bonds is 54. The standard InChI is InChI=1S/C56H113N3O5/c1-5-9-13-17-21-25-29-33-43-57(44-34-30-26-22-18-14-10-6-2)49-39-53-63-55(61)41-37-47-59(51-52-60)48-38-42-56(62)64-54-40-50-58(45-35-31-27-23-19-15-11-7-3)46-36-32-28-24-20-16-12-8-4/h60H,5-54H2,1-4H3. The van der Waals surface area contributed by atoms with Gasteiger partial charge in [0.05, 0.1) is 19.8 Å². The van der Waals surface area contributed by atoms with Crippen molar-refractivity contribution in [2.45, 2.75) is 272 Å². The van der Waals surface area contributed by atoms with Crippen LogP contribution in [0, 0.1) is 0 Å². The molecule has 0 fully saturated rings. The first-order valence-electron chi connectivity index (χ1n) is 28.6. The van der Waals surface area contributed by atoms with E-state index in [-0.39, 0.29) is 18.5 Å². The first-order valence-corrected chi connectivity index (χ1v) is 28.6. The van der Waals surface area contributed by atoms with Crippen molar-refractivity contribution in [3.63, 3.8) is 0 Å². The van der Waals surface area contributed by atoms with Crippen molar-refractivity contribution in [1.82, 2.24) is 14.7 Å². The van der Waals surface area contributed by atoms with Crippen LogP contribution in [0.15, 0.2) is 0 Å². The Balaban J connectivity index is 4.43. The number of aliphatic hydroxyl groups excluding tert-OH is 1. The lowest BCUT2D eigenvalue weighted by atomic mass is 10.1. The Bertz CT molecular complexity index is 828. The fraction of sp³-hybridized carbons (Fsp3) is 0.964. The van der Waals surface area contributed by atoms with Crippen LogP contribution in [0.3, 0.4) is 0 Å². The smallest absolute Gasteiger partial charge is 0.305 e. The molecule has 0 amide bonds. The summed E-state index contributed by atoms with van der Waals surface area (Å²) in [5.41, 5.74) is 0. The lowest BCUT2D eigenvalue weighted by molar-refractivity contribution is -0.144. The summed E-state index contributed by atoms with van der Waals surface area (Å²) in [5, 5.41) is 9.68. The van der Waals surface area contributed by atoms with Crippen LogP contribution in [-0.2, 0) is 19.1 Å². The molecule has 0 aromatic rings. The molecule has 0 saturated heterocycles. The zero-order valence-electron chi connectivity index (χ0n) is 43.8. The highest BCUT2D eigenvalue weighted by Crippen LogP contribution is 2.14. The summed E-state index contributed by atoms with van der Waals surface area (Å²) >= 11 is 0. The Hall–Kier alpha value is -1.22. The third-order valence-corrected chi connectivity index (χ3v) is 13.2. The lowest BCUT2D eigenvalue weighted by Gasteiger charge is -2.23. The van der Waals surface area contributed by atoms with E-state index in [2.05, 4.69) is 42.4 Å². The van der Waals surface area contributed by atoms with E-state index in [1.54, 1.807) is 0 Å². The van der Waals surface area contributed by atoms with Gasteiger partial charge in [-0.25, -0.2) is 0 Å². The Kier molecular flexibility index (Phi) is 51.7. The summed E-state index contributed by atoms with van der Waals surface area (Å²) in [6.45, 7) is 18.8. The van der Waals surface area contributed by atoms with Crippen molar-refractivity contribution in [3.05, 3.63) is 0 Å². The summed E-state index contributed by atoms with van der Waals surface area (Å²) in [7, 11) is 0. The van der Waals surface area contributed by atoms with Gasteiger partial charge in [0.2, 0.25) is 0 Å². The van der Waals surface area contributed by atoms with Crippen LogP contribution in [0.4, 0.5) is 0 Å². The highest BCUT2D eigenvalue weighted by atomic mass is 16.5. The van der Waals surface area contributed by atoms with Gasteiger partial charge in [0.15, 0.2) is 0 Å². The summed E-state index contributed by atoms with van der Waals surface area (Å²) in [6.07, 6.45) is 47.1. The van der Waals surface area contributed by atoms with E-state index in [0.29, 0.717) is 58.5 Å². The molecule has 0 aliphatic rings. The molecule has 0 spiro atoms. The van der Waals surface area contributed by atoms with Crippen LogP contribution in [0.5, 0.6) is 0 Å². The maximum atomic E-state index is 12.6. The number of hydrogen-bond donors (Lipinski definition) is 1. The SMILES string of the molecule is CCCCCCCCCCN(CCCCCCCCCC)CCCOC(=O)CCCN(CCO)CCCC(=O)OCCCN(CCCCCCCCCC)CCCCCCCCCC. The Labute approximate surface area is 399 Å². The third kappa shape index (κ3) is 47.3. The van der Waals surface area contributed by atoms with Crippen LogP contribution < -0.4 is 0 Å². The van der Waals surface area contributed by atoms with Crippen molar-refractivity contribution < 1.29 is 24.2 Å². The van der Waals surface area contributed by atoms with E-state index < -0.39 is 0 Å². The van der Waals surface area contributed by atoms with E-state index in [9.17, 15) is 14.7 Å². The van der Waals surface area contributed by atoms with Gasteiger partial charge >= 0.3 is 11.9 Å². The van der Waals surface area contributed by atoms with Gasteiger partial charge in [-0.1, -0.05) is 207 Å². The zero-order valence-corrected chi connectivity index (χ0v) is 43.8. The van der Waals surface area contributed by atoms with Gasteiger partial charge in [-0.3, -0.25) is 9.59 Å². The molecular formula is C56H113N3O5. The van der Waals surface area contributed by atoms with Crippen molar-refractivity contribution >= 4 is 11.9 Å². The molecule has 0 unspecified atom stereocenters. The zero-order chi connectivity index (χ0) is 46.7. The topological polar surface area (TPSA) is 82.6 Å². The van der Waals surface area contributed by atoms with E-state index in [0.717, 1.165) is 52.1 Å². The second-order valence-corrected chi connectivity index (χ2v) is 19.5. The average molecular weight is 909 g/mol. The highest BCUT2D eigenvalue weighted by Gasteiger charge is 2.12. The molecule has 382 valence electrons. The molecular weight excluding hydrogens is 795 g/mol. The molecule has 0 aromatic heterocycles. The summed E-state index contributed by atoms with van der Waals surface area (Å²) in [5.74, 6) is -0.251. The van der Waals surface area contributed by atoms with E-state index >= 15 is 0 Å². The minimum Gasteiger partial charge on any atom is -0.466 e. The van der Waals surface area contributed by atoms with Gasteiger partial charge in [0.1, 0.15) is 0 Å². The molecule has 8 heteroatoms.